The van der Waals surface area contributed by atoms with E-state index in [2.05, 4.69) is 4.98 Å². The predicted octanol–water partition coefficient (Wildman–Crippen LogP) is 4.77. The summed E-state index contributed by atoms with van der Waals surface area (Å²) in [6.45, 7) is 1.92. The van der Waals surface area contributed by atoms with Crippen LogP contribution < -0.4 is 0 Å². The number of aromatic hydroxyl groups is 1. The van der Waals surface area contributed by atoms with Crippen LogP contribution in [0.3, 0.4) is 0 Å². The number of rotatable bonds is 3. The second kappa shape index (κ2) is 6.23. The van der Waals surface area contributed by atoms with Gasteiger partial charge in [-0.25, -0.2) is 9.37 Å². The van der Waals surface area contributed by atoms with Gasteiger partial charge in [-0.3, -0.25) is 0 Å². The summed E-state index contributed by atoms with van der Waals surface area (Å²) in [4.78, 5) is 4.23. The van der Waals surface area contributed by atoms with Crippen LogP contribution in [0.5, 0.6) is 5.75 Å². The molecule has 1 aromatic heterocycles. The van der Waals surface area contributed by atoms with Gasteiger partial charge in [-0.15, -0.1) is 0 Å². The van der Waals surface area contributed by atoms with Gasteiger partial charge < -0.3 is 9.67 Å². The molecule has 2 aromatic carbocycles. The molecule has 0 aliphatic heterocycles. The van der Waals surface area contributed by atoms with E-state index in [4.69, 9.17) is 0 Å². The molecule has 0 saturated carbocycles. The number of aryl methyl sites for hydroxylation is 1. The summed E-state index contributed by atoms with van der Waals surface area (Å²) in [6, 6.07) is 8.28. The maximum Gasteiger partial charge on any atom is 0.416 e. The Morgan fingerprint density at radius 1 is 1.08 bits per heavy atom. The molecule has 3 aromatic rings. The molecule has 0 unspecified atom stereocenters. The van der Waals surface area contributed by atoms with Crippen molar-refractivity contribution < 1.29 is 22.7 Å². The van der Waals surface area contributed by atoms with Crippen molar-refractivity contribution in [1.29, 1.82) is 0 Å². The topological polar surface area (TPSA) is 38.0 Å². The number of hydrogen-bond donors (Lipinski definition) is 1. The second-order valence-electron chi connectivity index (χ2n) is 5.66. The quantitative estimate of drug-likeness (QED) is 0.691. The van der Waals surface area contributed by atoms with Crippen molar-refractivity contribution in [2.24, 2.45) is 0 Å². The first-order valence-corrected chi connectivity index (χ1v) is 7.43. The Balaban J connectivity index is 1.98. The Hall–Kier alpha value is -2.83. The van der Waals surface area contributed by atoms with Crippen molar-refractivity contribution in [2.45, 2.75) is 19.6 Å². The minimum Gasteiger partial charge on any atom is -0.508 e. The predicted molar refractivity (Wildman–Crippen MR) is 84.6 cm³/mol. The molecule has 0 fully saturated rings. The van der Waals surface area contributed by atoms with Crippen molar-refractivity contribution >= 4 is 0 Å². The monoisotopic (exact) mass is 350 g/mol. The lowest BCUT2D eigenvalue weighted by Gasteiger charge is -2.13. The molecule has 0 radical (unpaired) electrons. The first-order chi connectivity index (χ1) is 11.8. The van der Waals surface area contributed by atoms with Gasteiger partial charge in [0.1, 0.15) is 17.4 Å². The van der Waals surface area contributed by atoms with Crippen LogP contribution in [-0.2, 0) is 12.7 Å². The number of aromatic nitrogens is 2. The Morgan fingerprint density at radius 3 is 2.40 bits per heavy atom. The van der Waals surface area contributed by atoms with Crippen LogP contribution in [0.25, 0.3) is 11.4 Å². The summed E-state index contributed by atoms with van der Waals surface area (Å²) in [5.41, 5.74) is 0.846. The molecule has 25 heavy (non-hydrogen) atoms. The van der Waals surface area contributed by atoms with E-state index in [1.807, 2.05) is 0 Å². The number of alkyl halides is 3. The van der Waals surface area contributed by atoms with Gasteiger partial charge in [-0.1, -0.05) is 12.1 Å². The molecular weight excluding hydrogens is 336 g/mol. The summed E-state index contributed by atoms with van der Waals surface area (Å²) in [5.74, 6) is -0.107. The van der Waals surface area contributed by atoms with E-state index in [-0.39, 0.29) is 12.3 Å². The minimum atomic E-state index is -4.41. The lowest BCUT2D eigenvalue weighted by Crippen LogP contribution is -2.06. The van der Waals surface area contributed by atoms with Crippen molar-refractivity contribution in [2.75, 3.05) is 0 Å². The maximum absolute atomic E-state index is 13.4. The molecule has 0 atom stereocenters. The standard InChI is InChI=1S/C18H14F4N2O/c1-11-9-23-17(12-2-4-14(5-3-12)18(20,21)22)24(11)10-13-8-15(19)6-7-16(13)25/h2-9,25H,10H2,1H3. The normalized spacial score (nSPS) is 11.7. The number of halogens is 4. The lowest BCUT2D eigenvalue weighted by atomic mass is 10.1. The molecule has 1 heterocycles. The maximum atomic E-state index is 13.4. The fourth-order valence-electron chi connectivity index (χ4n) is 2.55. The Morgan fingerprint density at radius 2 is 1.76 bits per heavy atom. The molecule has 0 aliphatic rings. The molecule has 3 nitrogen and oxygen atoms in total. The van der Waals surface area contributed by atoms with E-state index < -0.39 is 17.6 Å². The molecule has 1 N–H and O–H groups in total. The molecule has 0 amide bonds. The van der Waals surface area contributed by atoms with Gasteiger partial charge in [0, 0.05) is 23.0 Å². The highest BCUT2D eigenvalue weighted by molar-refractivity contribution is 5.57. The second-order valence-corrected chi connectivity index (χ2v) is 5.66. The fraction of sp³-hybridized carbons (Fsp3) is 0.167. The average Bonchev–Trinajstić information content (AvgIpc) is 2.91. The van der Waals surface area contributed by atoms with E-state index in [1.165, 1.54) is 24.3 Å². The molecule has 0 spiro atoms. The number of benzene rings is 2. The zero-order valence-electron chi connectivity index (χ0n) is 13.2. The molecule has 3 rings (SSSR count). The third kappa shape index (κ3) is 3.50. The van der Waals surface area contributed by atoms with E-state index in [0.717, 1.165) is 23.9 Å². The summed E-state index contributed by atoms with van der Waals surface area (Å²) in [7, 11) is 0. The van der Waals surface area contributed by atoms with Crippen LogP contribution in [0.4, 0.5) is 17.6 Å². The van der Waals surface area contributed by atoms with Gasteiger partial charge >= 0.3 is 6.18 Å². The van der Waals surface area contributed by atoms with Crippen molar-refractivity contribution in [3.05, 3.63) is 71.3 Å². The highest BCUT2D eigenvalue weighted by atomic mass is 19.4. The summed E-state index contributed by atoms with van der Waals surface area (Å²) in [5, 5.41) is 9.89. The fourth-order valence-corrected chi connectivity index (χ4v) is 2.55. The summed E-state index contributed by atoms with van der Waals surface area (Å²) < 4.78 is 53.2. The van der Waals surface area contributed by atoms with Crippen LogP contribution in [-0.4, -0.2) is 14.7 Å². The van der Waals surface area contributed by atoms with Gasteiger partial charge in [0.2, 0.25) is 0 Å². The summed E-state index contributed by atoms with van der Waals surface area (Å²) in [6.07, 6.45) is -2.83. The Kier molecular flexibility index (Phi) is 4.24. The van der Waals surface area contributed by atoms with Gasteiger partial charge in [0.05, 0.1) is 12.1 Å². The van der Waals surface area contributed by atoms with Gasteiger partial charge in [0.15, 0.2) is 0 Å². The van der Waals surface area contributed by atoms with Crippen molar-refractivity contribution in [3.63, 3.8) is 0 Å². The zero-order chi connectivity index (χ0) is 18.2. The van der Waals surface area contributed by atoms with Gasteiger partial charge in [-0.05, 0) is 37.3 Å². The van der Waals surface area contributed by atoms with Crippen LogP contribution in [0.15, 0.2) is 48.7 Å². The zero-order valence-corrected chi connectivity index (χ0v) is 13.2. The molecule has 0 bridgehead atoms. The first kappa shape index (κ1) is 17.0. The molecule has 7 heteroatoms. The van der Waals surface area contributed by atoms with Gasteiger partial charge in [-0.2, -0.15) is 13.2 Å². The number of phenolic OH excluding ortho intramolecular Hbond substituents is 1. The molecular formula is C18H14F4N2O. The highest BCUT2D eigenvalue weighted by Crippen LogP contribution is 2.31. The number of phenols is 1. The first-order valence-electron chi connectivity index (χ1n) is 7.43. The lowest BCUT2D eigenvalue weighted by molar-refractivity contribution is -0.137. The van der Waals surface area contributed by atoms with Crippen LogP contribution >= 0.6 is 0 Å². The van der Waals surface area contributed by atoms with E-state index in [9.17, 15) is 22.7 Å². The van der Waals surface area contributed by atoms with E-state index >= 15 is 0 Å². The Labute approximate surface area is 141 Å². The molecule has 0 aliphatic carbocycles. The Bertz CT molecular complexity index is 898. The molecule has 0 saturated heterocycles. The van der Waals surface area contributed by atoms with Crippen LogP contribution in [0.1, 0.15) is 16.8 Å². The van der Waals surface area contributed by atoms with Crippen LogP contribution in [0, 0.1) is 12.7 Å². The third-order valence-corrected chi connectivity index (χ3v) is 3.90. The van der Waals surface area contributed by atoms with Crippen molar-refractivity contribution in [1.82, 2.24) is 9.55 Å². The largest absolute Gasteiger partial charge is 0.508 e. The average molecular weight is 350 g/mol. The van der Waals surface area contributed by atoms with E-state index in [1.54, 1.807) is 17.7 Å². The van der Waals surface area contributed by atoms with Crippen molar-refractivity contribution in [3.8, 4) is 17.1 Å². The SMILES string of the molecule is Cc1cnc(-c2ccc(C(F)(F)F)cc2)n1Cc1cc(F)ccc1O. The van der Waals surface area contributed by atoms with E-state index in [0.29, 0.717) is 17.0 Å². The number of hydrogen-bond acceptors (Lipinski definition) is 2. The smallest absolute Gasteiger partial charge is 0.416 e. The third-order valence-electron chi connectivity index (χ3n) is 3.90. The van der Waals surface area contributed by atoms with Gasteiger partial charge in [0.25, 0.3) is 0 Å². The highest BCUT2D eigenvalue weighted by Gasteiger charge is 2.30. The molecule has 130 valence electrons. The summed E-state index contributed by atoms with van der Waals surface area (Å²) >= 11 is 0. The number of imidazole rings is 1. The van der Waals surface area contributed by atoms with Crippen LogP contribution in [0.2, 0.25) is 0 Å². The number of nitrogens with zero attached hydrogens (tertiary/aromatic N) is 2. The minimum absolute atomic E-state index is 0.0622.